The van der Waals surface area contributed by atoms with Crippen LogP contribution in [0.1, 0.15) is 44.2 Å². The molecule has 2 aromatic rings. The number of amides is 2. The fourth-order valence-corrected chi connectivity index (χ4v) is 2.53. The minimum atomic E-state index is -0.663. The van der Waals surface area contributed by atoms with Crippen LogP contribution in [-0.4, -0.2) is 17.9 Å². The van der Waals surface area contributed by atoms with Crippen LogP contribution in [0.4, 0.5) is 5.69 Å². The smallest absolute Gasteiger partial charge is 0.265 e. The molecular weight excluding hydrogens is 354 g/mol. The third kappa shape index (κ3) is 6.44. The van der Waals surface area contributed by atoms with Crippen LogP contribution in [0.5, 0.6) is 5.75 Å². The fraction of sp³-hybridized carbons (Fsp3) is 0.318. The molecule has 0 aliphatic carbocycles. The summed E-state index contributed by atoms with van der Waals surface area (Å²) in [6, 6.07) is 16.7. The molecule has 6 nitrogen and oxygen atoms in total. The highest BCUT2D eigenvalue weighted by Gasteiger charge is 2.15. The van der Waals surface area contributed by atoms with E-state index in [9.17, 15) is 9.59 Å². The van der Waals surface area contributed by atoms with Gasteiger partial charge in [0.25, 0.3) is 5.91 Å². The van der Waals surface area contributed by atoms with Crippen LogP contribution < -0.4 is 15.4 Å². The molecule has 0 saturated heterocycles. The van der Waals surface area contributed by atoms with E-state index in [0.29, 0.717) is 23.9 Å². The first-order chi connectivity index (χ1) is 13.4. The number of hydrogen-bond donors (Lipinski definition) is 2. The highest BCUT2D eigenvalue weighted by Crippen LogP contribution is 2.20. The van der Waals surface area contributed by atoms with Crippen molar-refractivity contribution in [2.75, 3.05) is 5.32 Å². The van der Waals surface area contributed by atoms with Gasteiger partial charge in [0.1, 0.15) is 12.2 Å². The Morgan fingerprint density at radius 3 is 2.46 bits per heavy atom. The number of anilines is 1. The van der Waals surface area contributed by atoms with Crippen molar-refractivity contribution in [3.05, 3.63) is 59.7 Å². The van der Waals surface area contributed by atoms with E-state index in [-0.39, 0.29) is 18.2 Å². The summed E-state index contributed by atoms with van der Waals surface area (Å²) in [5.74, 6) is 0.480. The second-order valence-electron chi connectivity index (χ2n) is 6.79. The number of nitriles is 1. The maximum absolute atomic E-state index is 12.4. The topological polar surface area (TPSA) is 91.2 Å². The number of hydrogen-bond acceptors (Lipinski definition) is 4. The van der Waals surface area contributed by atoms with Gasteiger partial charge in [-0.2, -0.15) is 5.26 Å². The Labute approximate surface area is 165 Å². The van der Waals surface area contributed by atoms with Gasteiger partial charge >= 0.3 is 0 Å². The number of benzene rings is 2. The molecule has 2 N–H and O–H groups in total. The largest absolute Gasteiger partial charge is 0.481 e. The predicted octanol–water partition coefficient (Wildman–Crippen LogP) is 3.75. The molecular formula is C22H25N3O3. The van der Waals surface area contributed by atoms with Crippen molar-refractivity contribution in [2.24, 2.45) is 0 Å². The average molecular weight is 379 g/mol. The van der Waals surface area contributed by atoms with Crippen molar-refractivity contribution >= 4 is 17.5 Å². The summed E-state index contributed by atoms with van der Waals surface area (Å²) in [6.45, 7) is 6.22. The maximum atomic E-state index is 12.4. The van der Waals surface area contributed by atoms with Gasteiger partial charge < -0.3 is 15.4 Å². The lowest BCUT2D eigenvalue weighted by Crippen LogP contribution is -2.30. The van der Waals surface area contributed by atoms with Crippen molar-refractivity contribution in [1.82, 2.24) is 5.32 Å². The number of rotatable bonds is 8. The minimum absolute atomic E-state index is 0.177. The maximum Gasteiger partial charge on any atom is 0.265 e. The van der Waals surface area contributed by atoms with Gasteiger partial charge in [0, 0.05) is 12.2 Å². The first-order valence-corrected chi connectivity index (χ1v) is 9.19. The molecule has 28 heavy (non-hydrogen) atoms. The molecule has 0 aromatic heterocycles. The molecule has 1 unspecified atom stereocenters. The Morgan fingerprint density at radius 1 is 1.11 bits per heavy atom. The number of carbonyl (C=O) groups excluding carboxylic acids is 2. The molecule has 0 heterocycles. The van der Waals surface area contributed by atoms with E-state index in [1.54, 1.807) is 31.2 Å². The molecule has 0 bridgehead atoms. The predicted molar refractivity (Wildman–Crippen MR) is 108 cm³/mol. The second kappa shape index (κ2) is 10.1. The highest BCUT2D eigenvalue weighted by molar-refractivity contribution is 5.94. The van der Waals surface area contributed by atoms with E-state index >= 15 is 0 Å². The lowest BCUT2D eigenvalue weighted by molar-refractivity contribution is -0.122. The quantitative estimate of drug-likeness (QED) is 0.731. The van der Waals surface area contributed by atoms with Crippen LogP contribution in [0, 0.1) is 11.3 Å². The summed E-state index contributed by atoms with van der Waals surface area (Å²) in [4.78, 5) is 23.8. The Hall–Kier alpha value is -3.33. The normalized spacial score (nSPS) is 11.4. The third-order valence-electron chi connectivity index (χ3n) is 4.15. The van der Waals surface area contributed by atoms with Crippen molar-refractivity contribution in [3.8, 4) is 11.8 Å². The zero-order chi connectivity index (χ0) is 20.5. The summed E-state index contributed by atoms with van der Waals surface area (Å²) in [7, 11) is 0. The van der Waals surface area contributed by atoms with Crippen LogP contribution in [0.3, 0.4) is 0 Å². The molecule has 1 atom stereocenters. The summed E-state index contributed by atoms with van der Waals surface area (Å²) < 4.78 is 5.72. The van der Waals surface area contributed by atoms with Crippen molar-refractivity contribution < 1.29 is 14.3 Å². The lowest BCUT2D eigenvalue weighted by Gasteiger charge is -2.16. The molecule has 0 saturated carbocycles. The first-order valence-electron chi connectivity index (χ1n) is 9.19. The zero-order valence-electron chi connectivity index (χ0n) is 16.4. The van der Waals surface area contributed by atoms with Crippen LogP contribution >= 0.6 is 0 Å². The Morgan fingerprint density at radius 2 is 1.82 bits per heavy atom. The van der Waals surface area contributed by atoms with Gasteiger partial charge in [-0.1, -0.05) is 38.1 Å². The van der Waals surface area contributed by atoms with E-state index in [0.717, 1.165) is 5.56 Å². The Bertz CT molecular complexity index is 854. The fourth-order valence-electron chi connectivity index (χ4n) is 2.53. The monoisotopic (exact) mass is 379 g/mol. The minimum Gasteiger partial charge on any atom is -0.481 e. The molecule has 2 rings (SSSR count). The van der Waals surface area contributed by atoms with Crippen LogP contribution in [0.2, 0.25) is 0 Å². The standard InChI is InChI=1S/C22H25N3O3/c1-15(2)18-7-9-20(10-8-18)28-16(3)22(27)25-19-6-4-5-17(13-19)14-24-21(26)11-12-23/h4-10,13,15-16H,11,14H2,1-3H3,(H,24,26)(H,25,27). The first kappa shape index (κ1) is 21.0. The zero-order valence-corrected chi connectivity index (χ0v) is 16.4. The highest BCUT2D eigenvalue weighted by atomic mass is 16.5. The number of ether oxygens (including phenoxy) is 1. The van der Waals surface area contributed by atoms with Gasteiger partial charge in [-0.05, 0) is 48.2 Å². The van der Waals surface area contributed by atoms with Crippen LogP contribution in [-0.2, 0) is 16.1 Å². The van der Waals surface area contributed by atoms with E-state index in [2.05, 4.69) is 24.5 Å². The van der Waals surface area contributed by atoms with Gasteiger partial charge in [-0.25, -0.2) is 0 Å². The summed E-state index contributed by atoms with van der Waals surface area (Å²) in [5.41, 5.74) is 2.65. The number of carbonyl (C=O) groups is 2. The Balaban J connectivity index is 1.91. The molecule has 6 heteroatoms. The summed E-state index contributed by atoms with van der Waals surface area (Å²) in [6.07, 6.45) is -0.840. The number of nitrogens with one attached hydrogen (secondary N) is 2. The summed E-state index contributed by atoms with van der Waals surface area (Å²) in [5, 5.41) is 14.0. The molecule has 146 valence electrons. The van der Waals surface area contributed by atoms with Crippen molar-refractivity contribution in [1.29, 1.82) is 5.26 Å². The van der Waals surface area contributed by atoms with E-state index in [4.69, 9.17) is 10.00 Å². The van der Waals surface area contributed by atoms with Gasteiger partial charge in [0.2, 0.25) is 5.91 Å². The van der Waals surface area contributed by atoms with E-state index < -0.39 is 6.10 Å². The molecule has 0 aliphatic heterocycles. The van der Waals surface area contributed by atoms with E-state index in [1.807, 2.05) is 30.3 Å². The van der Waals surface area contributed by atoms with Crippen LogP contribution in [0.25, 0.3) is 0 Å². The van der Waals surface area contributed by atoms with Crippen molar-refractivity contribution in [3.63, 3.8) is 0 Å². The molecule has 0 aliphatic rings. The summed E-state index contributed by atoms with van der Waals surface area (Å²) >= 11 is 0. The molecule has 0 spiro atoms. The second-order valence-corrected chi connectivity index (χ2v) is 6.79. The molecule has 2 aromatic carbocycles. The van der Waals surface area contributed by atoms with Gasteiger partial charge in [0.05, 0.1) is 6.07 Å². The van der Waals surface area contributed by atoms with E-state index in [1.165, 1.54) is 5.56 Å². The lowest BCUT2D eigenvalue weighted by atomic mass is 10.0. The molecule has 0 fully saturated rings. The Kier molecular flexibility index (Phi) is 7.58. The average Bonchev–Trinajstić information content (AvgIpc) is 2.67. The SMILES string of the molecule is CC(Oc1ccc(C(C)C)cc1)C(=O)Nc1cccc(CNC(=O)CC#N)c1. The van der Waals surface area contributed by atoms with Gasteiger partial charge in [-0.3, -0.25) is 9.59 Å². The number of nitrogens with zero attached hydrogens (tertiary/aromatic N) is 1. The molecule has 2 amide bonds. The van der Waals surface area contributed by atoms with Crippen LogP contribution in [0.15, 0.2) is 48.5 Å². The molecule has 0 radical (unpaired) electrons. The van der Waals surface area contributed by atoms with Crippen molar-refractivity contribution in [2.45, 2.75) is 45.8 Å². The van der Waals surface area contributed by atoms with Gasteiger partial charge in [-0.15, -0.1) is 0 Å². The van der Waals surface area contributed by atoms with Gasteiger partial charge in [0.15, 0.2) is 6.10 Å². The third-order valence-corrected chi connectivity index (χ3v) is 4.15.